The maximum absolute atomic E-state index is 9.17. The molecule has 19 heavy (non-hydrogen) atoms. The summed E-state index contributed by atoms with van der Waals surface area (Å²) in [7, 11) is 1.55. The van der Waals surface area contributed by atoms with Crippen molar-refractivity contribution in [2.24, 2.45) is 5.92 Å². The van der Waals surface area contributed by atoms with E-state index in [0.29, 0.717) is 17.1 Å². The van der Waals surface area contributed by atoms with Gasteiger partial charge in [-0.15, -0.1) is 0 Å². The lowest BCUT2D eigenvalue weighted by Gasteiger charge is -2.28. The largest absolute Gasteiger partial charge is 0.493 e. The predicted molar refractivity (Wildman–Crippen MR) is 69.7 cm³/mol. The quantitative estimate of drug-likeness (QED) is 0.833. The molecular formula is C15H16N2O2. The zero-order valence-electron chi connectivity index (χ0n) is 10.9. The molecule has 1 saturated carbocycles. The van der Waals surface area contributed by atoms with Gasteiger partial charge in [0.15, 0.2) is 11.5 Å². The molecule has 2 atom stereocenters. The van der Waals surface area contributed by atoms with Gasteiger partial charge < -0.3 is 9.47 Å². The van der Waals surface area contributed by atoms with E-state index >= 15 is 0 Å². The summed E-state index contributed by atoms with van der Waals surface area (Å²) in [5, 5.41) is 18.3. The van der Waals surface area contributed by atoms with Crippen molar-refractivity contribution in [3.63, 3.8) is 0 Å². The van der Waals surface area contributed by atoms with E-state index in [1.54, 1.807) is 25.3 Å². The Kier molecular flexibility index (Phi) is 4.26. The second-order valence-electron chi connectivity index (χ2n) is 4.63. The Hall–Kier alpha value is -2.20. The minimum absolute atomic E-state index is 0.106. The Morgan fingerprint density at radius 1 is 1.21 bits per heavy atom. The number of methoxy groups -OCH3 is 1. The first-order valence-corrected chi connectivity index (χ1v) is 6.43. The van der Waals surface area contributed by atoms with Crippen LogP contribution in [0.1, 0.15) is 31.2 Å². The highest BCUT2D eigenvalue weighted by Crippen LogP contribution is 2.35. The molecule has 4 heteroatoms. The van der Waals surface area contributed by atoms with Crippen LogP contribution < -0.4 is 9.47 Å². The highest BCUT2D eigenvalue weighted by atomic mass is 16.5. The number of benzene rings is 1. The van der Waals surface area contributed by atoms with Crippen molar-refractivity contribution in [2.45, 2.75) is 31.8 Å². The fraction of sp³-hybridized carbons (Fsp3) is 0.467. The monoisotopic (exact) mass is 256 g/mol. The summed E-state index contributed by atoms with van der Waals surface area (Å²) in [6.07, 6.45) is 3.68. The highest BCUT2D eigenvalue weighted by Gasteiger charge is 2.28. The van der Waals surface area contributed by atoms with Crippen LogP contribution in [0.2, 0.25) is 0 Å². The summed E-state index contributed by atoms with van der Waals surface area (Å²) in [5.41, 5.74) is 0.446. The van der Waals surface area contributed by atoms with Crippen molar-refractivity contribution in [3.05, 3.63) is 23.8 Å². The zero-order valence-corrected chi connectivity index (χ0v) is 10.9. The molecule has 1 aliphatic rings. The van der Waals surface area contributed by atoms with Crippen LogP contribution in [-0.4, -0.2) is 13.2 Å². The van der Waals surface area contributed by atoms with Gasteiger partial charge in [-0.05, 0) is 31.4 Å². The molecule has 0 heterocycles. The van der Waals surface area contributed by atoms with E-state index in [9.17, 15) is 0 Å². The summed E-state index contributed by atoms with van der Waals surface area (Å²) in [6.45, 7) is 0. The van der Waals surface area contributed by atoms with Gasteiger partial charge in [0, 0.05) is 0 Å². The molecule has 1 aliphatic carbocycles. The lowest BCUT2D eigenvalue weighted by molar-refractivity contribution is 0.116. The van der Waals surface area contributed by atoms with E-state index in [0.717, 1.165) is 25.7 Å². The fourth-order valence-electron chi connectivity index (χ4n) is 2.42. The minimum atomic E-state index is -0.151. The van der Waals surface area contributed by atoms with Crippen molar-refractivity contribution in [3.8, 4) is 23.6 Å². The van der Waals surface area contributed by atoms with Crippen molar-refractivity contribution in [1.82, 2.24) is 0 Å². The molecule has 1 aromatic rings. The van der Waals surface area contributed by atoms with E-state index in [1.807, 2.05) is 0 Å². The standard InChI is InChI=1S/C15H16N2O2/c1-18-14-8-4-6-12(10-17)15(14)19-13-7-3-2-5-11(13)9-16/h4,6,8,11,13H,2-3,5,7H2,1H3. The summed E-state index contributed by atoms with van der Waals surface area (Å²) in [5.74, 6) is 0.895. The molecule has 2 unspecified atom stereocenters. The van der Waals surface area contributed by atoms with Gasteiger partial charge in [0.25, 0.3) is 0 Å². The van der Waals surface area contributed by atoms with Gasteiger partial charge in [-0.1, -0.05) is 12.5 Å². The fourth-order valence-corrected chi connectivity index (χ4v) is 2.42. The van der Waals surface area contributed by atoms with Gasteiger partial charge in [0.05, 0.1) is 24.7 Å². The molecule has 0 spiro atoms. The van der Waals surface area contributed by atoms with Gasteiger partial charge in [-0.25, -0.2) is 0 Å². The van der Waals surface area contributed by atoms with Crippen LogP contribution in [0, 0.1) is 28.6 Å². The maximum atomic E-state index is 9.17. The third-order valence-corrected chi connectivity index (χ3v) is 3.46. The predicted octanol–water partition coefficient (Wildman–Crippen LogP) is 3.03. The molecule has 1 aromatic carbocycles. The third kappa shape index (κ3) is 2.80. The van der Waals surface area contributed by atoms with Gasteiger partial charge in [0.1, 0.15) is 12.2 Å². The van der Waals surface area contributed by atoms with E-state index < -0.39 is 0 Å². The molecule has 0 radical (unpaired) electrons. The average molecular weight is 256 g/mol. The summed E-state index contributed by atoms with van der Waals surface area (Å²) >= 11 is 0. The molecule has 1 fully saturated rings. The van der Waals surface area contributed by atoms with Crippen molar-refractivity contribution >= 4 is 0 Å². The van der Waals surface area contributed by atoms with Crippen LogP contribution in [0.25, 0.3) is 0 Å². The topological polar surface area (TPSA) is 66.0 Å². The molecule has 0 aromatic heterocycles. The number of rotatable bonds is 3. The Labute approximate surface area is 113 Å². The normalized spacial score (nSPS) is 22.1. The van der Waals surface area contributed by atoms with Crippen molar-refractivity contribution in [1.29, 1.82) is 10.5 Å². The molecule has 0 aliphatic heterocycles. The van der Waals surface area contributed by atoms with Crippen LogP contribution in [0.15, 0.2) is 18.2 Å². The van der Waals surface area contributed by atoms with Crippen molar-refractivity contribution < 1.29 is 9.47 Å². The Bertz CT molecular complexity index is 528. The average Bonchev–Trinajstić information content (AvgIpc) is 2.48. The number of hydrogen-bond donors (Lipinski definition) is 0. The number of para-hydroxylation sites is 1. The first kappa shape index (κ1) is 13.2. The van der Waals surface area contributed by atoms with E-state index in [1.165, 1.54) is 0 Å². The second-order valence-corrected chi connectivity index (χ2v) is 4.63. The van der Waals surface area contributed by atoms with Crippen LogP contribution in [0.5, 0.6) is 11.5 Å². The van der Waals surface area contributed by atoms with E-state index in [-0.39, 0.29) is 12.0 Å². The third-order valence-electron chi connectivity index (χ3n) is 3.46. The summed E-state index contributed by atoms with van der Waals surface area (Å²) in [4.78, 5) is 0. The van der Waals surface area contributed by atoms with Gasteiger partial charge >= 0.3 is 0 Å². The number of nitrogens with zero attached hydrogens (tertiary/aromatic N) is 2. The molecule has 2 rings (SSSR count). The van der Waals surface area contributed by atoms with E-state index in [2.05, 4.69) is 12.1 Å². The lowest BCUT2D eigenvalue weighted by Crippen LogP contribution is -2.29. The minimum Gasteiger partial charge on any atom is -0.493 e. The molecular weight excluding hydrogens is 240 g/mol. The smallest absolute Gasteiger partial charge is 0.179 e. The molecule has 0 bridgehead atoms. The number of hydrogen-bond acceptors (Lipinski definition) is 4. The number of ether oxygens (including phenoxy) is 2. The Morgan fingerprint density at radius 3 is 2.68 bits per heavy atom. The van der Waals surface area contributed by atoms with Gasteiger partial charge in [-0.2, -0.15) is 10.5 Å². The lowest BCUT2D eigenvalue weighted by atomic mass is 9.87. The molecule has 0 amide bonds. The first-order chi connectivity index (χ1) is 9.30. The van der Waals surface area contributed by atoms with Gasteiger partial charge in [0.2, 0.25) is 0 Å². The van der Waals surface area contributed by atoms with Crippen LogP contribution in [-0.2, 0) is 0 Å². The molecule has 4 nitrogen and oxygen atoms in total. The Morgan fingerprint density at radius 2 is 2.00 bits per heavy atom. The zero-order chi connectivity index (χ0) is 13.7. The molecule has 0 N–H and O–H groups in total. The Balaban J connectivity index is 2.27. The molecule has 98 valence electrons. The SMILES string of the molecule is COc1cccc(C#N)c1OC1CCCCC1C#N. The summed E-state index contributed by atoms with van der Waals surface area (Å²) < 4.78 is 11.2. The van der Waals surface area contributed by atoms with E-state index in [4.69, 9.17) is 20.0 Å². The molecule has 0 saturated heterocycles. The maximum Gasteiger partial charge on any atom is 0.179 e. The van der Waals surface area contributed by atoms with Crippen LogP contribution >= 0.6 is 0 Å². The summed E-state index contributed by atoms with van der Waals surface area (Å²) in [6, 6.07) is 9.62. The van der Waals surface area contributed by atoms with Crippen LogP contribution in [0.3, 0.4) is 0 Å². The van der Waals surface area contributed by atoms with Crippen molar-refractivity contribution in [2.75, 3.05) is 7.11 Å². The first-order valence-electron chi connectivity index (χ1n) is 6.43. The second kappa shape index (κ2) is 6.11. The van der Waals surface area contributed by atoms with Crippen LogP contribution in [0.4, 0.5) is 0 Å². The number of nitriles is 2. The highest BCUT2D eigenvalue weighted by molar-refractivity contribution is 5.52. The van der Waals surface area contributed by atoms with Gasteiger partial charge in [-0.3, -0.25) is 0 Å².